The van der Waals surface area contributed by atoms with Gasteiger partial charge in [0.05, 0.1) is 19.9 Å². The molecule has 0 aliphatic rings. The summed E-state index contributed by atoms with van der Waals surface area (Å²) in [4.78, 5) is 13.0. The minimum absolute atomic E-state index is 0.232. The first kappa shape index (κ1) is 19.3. The molecule has 0 fully saturated rings. The molecule has 4 rings (SSSR count). The molecule has 8 nitrogen and oxygen atoms in total. The number of rotatable bonds is 6. The molecule has 8 heteroatoms. The SMILES string of the molecule is COc1ccc(Nc2ncnc(Oc3cccc4ccc(C)nc34)c2N)c(OC)c1. The summed E-state index contributed by atoms with van der Waals surface area (Å²) in [6.07, 6.45) is 1.38. The number of fused-ring (bicyclic) bond motifs is 1. The molecule has 152 valence electrons. The number of pyridine rings is 1. The average Bonchev–Trinajstić information content (AvgIpc) is 2.77. The molecule has 30 heavy (non-hydrogen) atoms. The maximum atomic E-state index is 6.30. The van der Waals surface area contributed by atoms with Crippen LogP contribution in [0.15, 0.2) is 54.9 Å². The van der Waals surface area contributed by atoms with Crippen LogP contribution >= 0.6 is 0 Å². The second-order valence-electron chi connectivity index (χ2n) is 6.51. The van der Waals surface area contributed by atoms with Crippen molar-refractivity contribution in [2.75, 3.05) is 25.3 Å². The highest BCUT2D eigenvalue weighted by atomic mass is 16.5. The number of nitrogens with one attached hydrogen (secondary N) is 1. The number of hydrogen-bond donors (Lipinski definition) is 2. The third-order valence-corrected chi connectivity index (χ3v) is 4.54. The van der Waals surface area contributed by atoms with Crippen LogP contribution in [0.1, 0.15) is 5.69 Å². The number of anilines is 3. The zero-order valence-electron chi connectivity index (χ0n) is 16.8. The van der Waals surface area contributed by atoms with Crippen LogP contribution < -0.4 is 25.3 Å². The summed E-state index contributed by atoms with van der Waals surface area (Å²) >= 11 is 0. The third-order valence-electron chi connectivity index (χ3n) is 4.54. The van der Waals surface area contributed by atoms with Crippen molar-refractivity contribution in [3.8, 4) is 23.1 Å². The Labute approximate surface area is 173 Å². The molecular weight excluding hydrogens is 382 g/mol. The minimum Gasteiger partial charge on any atom is -0.497 e. The molecule has 0 spiro atoms. The topological polar surface area (TPSA) is 104 Å². The number of benzene rings is 2. The lowest BCUT2D eigenvalue weighted by molar-refractivity contribution is 0.395. The summed E-state index contributed by atoms with van der Waals surface area (Å²) in [6.45, 7) is 1.93. The number of aryl methyl sites for hydroxylation is 1. The Kier molecular flexibility index (Phi) is 5.21. The molecule has 0 bridgehead atoms. The van der Waals surface area contributed by atoms with Crippen molar-refractivity contribution in [3.05, 3.63) is 60.6 Å². The first-order valence-electron chi connectivity index (χ1n) is 9.23. The van der Waals surface area contributed by atoms with Crippen LogP contribution in [0.4, 0.5) is 17.2 Å². The van der Waals surface area contributed by atoms with Crippen LogP contribution in [0.25, 0.3) is 10.9 Å². The third kappa shape index (κ3) is 3.75. The fourth-order valence-corrected chi connectivity index (χ4v) is 2.99. The summed E-state index contributed by atoms with van der Waals surface area (Å²) in [5, 5.41) is 4.13. The molecule has 0 aliphatic heterocycles. The Morgan fingerprint density at radius 3 is 2.60 bits per heavy atom. The Balaban J connectivity index is 1.67. The normalized spacial score (nSPS) is 10.6. The molecule has 4 aromatic rings. The van der Waals surface area contributed by atoms with Gasteiger partial charge < -0.3 is 25.3 Å². The van der Waals surface area contributed by atoms with Gasteiger partial charge in [-0.2, -0.15) is 4.98 Å². The van der Waals surface area contributed by atoms with Crippen LogP contribution in [0, 0.1) is 6.92 Å². The molecule has 2 heterocycles. The van der Waals surface area contributed by atoms with E-state index in [1.165, 1.54) is 6.33 Å². The molecule has 0 saturated carbocycles. The van der Waals surface area contributed by atoms with Crippen molar-refractivity contribution in [2.45, 2.75) is 6.92 Å². The van der Waals surface area contributed by atoms with Crippen LogP contribution in [0.2, 0.25) is 0 Å². The number of nitrogens with two attached hydrogens (primary N) is 1. The van der Waals surface area contributed by atoms with Crippen LogP contribution in [0.5, 0.6) is 23.1 Å². The molecule has 0 unspecified atom stereocenters. The fraction of sp³-hybridized carbons (Fsp3) is 0.136. The van der Waals surface area contributed by atoms with Crippen molar-refractivity contribution < 1.29 is 14.2 Å². The Morgan fingerprint density at radius 1 is 0.933 bits per heavy atom. The minimum atomic E-state index is 0.232. The zero-order valence-corrected chi connectivity index (χ0v) is 16.8. The largest absolute Gasteiger partial charge is 0.497 e. The number of ether oxygens (including phenoxy) is 3. The van der Waals surface area contributed by atoms with Gasteiger partial charge in [0.1, 0.15) is 29.0 Å². The van der Waals surface area contributed by atoms with E-state index in [4.69, 9.17) is 19.9 Å². The molecular formula is C22H21N5O3. The molecule has 0 aliphatic carbocycles. The predicted octanol–water partition coefficient (Wildman–Crippen LogP) is 4.47. The van der Waals surface area contributed by atoms with E-state index in [0.717, 1.165) is 16.6 Å². The summed E-state index contributed by atoms with van der Waals surface area (Å²) < 4.78 is 16.7. The standard InChI is InChI=1S/C22H21N5O3/c1-13-7-8-14-5-4-6-17(20(14)26-13)30-22-19(23)21(24-12-25-22)27-16-10-9-15(28-2)11-18(16)29-3/h4-12H,23H2,1-3H3,(H,24,25,27). The number of aromatic nitrogens is 3. The molecule has 0 amide bonds. The maximum Gasteiger partial charge on any atom is 0.248 e. The van der Waals surface area contributed by atoms with E-state index in [1.54, 1.807) is 20.3 Å². The number of nitrogens with zero attached hydrogens (tertiary/aromatic N) is 3. The number of methoxy groups -OCH3 is 2. The van der Waals surface area contributed by atoms with E-state index in [-0.39, 0.29) is 11.6 Å². The number of nitrogen functional groups attached to an aromatic ring is 1. The quantitative estimate of drug-likeness (QED) is 0.486. The average molecular weight is 403 g/mol. The molecule has 0 saturated heterocycles. The summed E-state index contributed by atoms with van der Waals surface area (Å²) in [6, 6.07) is 15.0. The van der Waals surface area contributed by atoms with E-state index < -0.39 is 0 Å². The molecule has 2 aromatic carbocycles. The molecule has 0 radical (unpaired) electrons. The first-order valence-corrected chi connectivity index (χ1v) is 9.23. The van der Waals surface area contributed by atoms with Gasteiger partial charge >= 0.3 is 0 Å². The maximum absolute atomic E-state index is 6.30. The zero-order chi connectivity index (χ0) is 21.1. The lowest BCUT2D eigenvalue weighted by Crippen LogP contribution is -2.04. The molecule has 0 atom stereocenters. The second kappa shape index (κ2) is 8.12. The van der Waals surface area contributed by atoms with Gasteiger partial charge in [-0.1, -0.05) is 18.2 Å². The van der Waals surface area contributed by atoms with Crippen LogP contribution in [-0.4, -0.2) is 29.2 Å². The Hall–Kier alpha value is -4.07. The highest BCUT2D eigenvalue weighted by Crippen LogP contribution is 2.36. The van der Waals surface area contributed by atoms with Gasteiger partial charge in [-0.15, -0.1) is 0 Å². The van der Waals surface area contributed by atoms with E-state index in [2.05, 4.69) is 20.3 Å². The van der Waals surface area contributed by atoms with Crippen molar-refractivity contribution in [2.24, 2.45) is 0 Å². The van der Waals surface area contributed by atoms with Gasteiger partial charge in [-0.25, -0.2) is 9.97 Å². The first-order chi connectivity index (χ1) is 14.6. The fourth-order valence-electron chi connectivity index (χ4n) is 2.99. The Morgan fingerprint density at radius 2 is 1.80 bits per heavy atom. The van der Waals surface area contributed by atoms with E-state index in [9.17, 15) is 0 Å². The predicted molar refractivity (Wildman–Crippen MR) is 116 cm³/mol. The van der Waals surface area contributed by atoms with E-state index in [1.807, 2.05) is 49.4 Å². The van der Waals surface area contributed by atoms with Crippen molar-refractivity contribution in [1.29, 1.82) is 0 Å². The van der Waals surface area contributed by atoms with E-state index in [0.29, 0.717) is 28.8 Å². The monoisotopic (exact) mass is 403 g/mol. The Bertz CT molecular complexity index is 1210. The highest BCUT2D eigenvalue weighted by Gasteiger charge is 2.14. The molecule has 3 N–H and O–H groups in total. The van der Waals surface area contributed by atoms with Crippen molar-refractivity contribution in [1.82, 2.24) is 15.0 Å². The van der Waals surface area contributed by atoms with Gasteiger partial charge in [0, 0.05) is 17.1 Å². The van der Waals surface area contributed by atoms with Gasteiger partial charge in [0.15, 0.2) is 11.6 Å². The highest BCUT2D eigenvalue weighted by molar-refractivity contribution is 5.85. The van der Waals surface area contributed by atoms with Gasteiger partial charge in [-0.3, -0.25) is 0 Å². The van der Waals surface area contributed by atoms with Gasteiger partial charge in [0.2, 0.25) is 5.88 Å². The van der Waals surface area contributed by atoms with Crippen LogP contribution in [0.3, 0.4) is 0 Å². The molecule has 2 aromatic heterocycles. The summed E-state index contributed by atoms with van der Waals surface area (Å²) in [5.41, 5.74) is 8.87. The summed E-state index contributed by atoms with van der Waals surface area (Å²) in [7, 11) is 3.17. The lowest BCUT2D eigenvalue weighted by Gasteiger charge is -2.15. The number of hydrogen-bond acceptors (Lipinski definition) is 8. The lowest BCUT2D eigenvalue weighted by atomic mass is 10.2. The van der Waals surface area contributed by atoms with Crippen molar-refractivity contribution in [3.63, 3.8) is 0 Å². The van der Waals surface area contributed by atoms with Crippen LogP contribution in [-0.2, 0) is 0 Å². The smallest absolute Gasteiger partial charge is 0.248 e. The van der Waals surface area contributed by atoms with Crippen molar-refractivity contribution >= 4 is 28.1 Å². The van der Waals surface area contributed by atoms with Gasteiger partial charge in [0.25, 0.3) is 0 Å². The van der Waals surface area contributed by atoms with Gasteiger partial charge in [-0.05, 0) is 31.2 Å². The summed E-state index contributed by atoms with van der Waals surface area (Å²) in [5.74, 6) is 2.46. The second-order valence-corrected chi connectivity index (χ2v) is 6.51. The number of para-hydroxylation sites is 1. The van der Waals surface area contributed by atoms with E-state index >= 15 is 0 Å².